The highest BCUT2D eigenvalue weighted by molar-refractivity contribution is 5.94. The summed E-state index contributed by atoms with van der Waals surface area (Å²) in [6.45, 7) is 0. The predicted molar refractivity (Wildman–Crippen MR) is 134 cm³/mol. The molecule has 0 aliphatic heterocycles. The zero-order valence-corrected chi connectivity index (χ0v) is 18.3. The molecular weight excluding hydrogens is 402 g/mol. The molecule has 0 heterocycles. The van der Waals surface area contributed by atoms with Gasteiger partial charge in [-0.2, -0.15) is 0 Å². The molecule has 1 aliphatic carbocycles. The van der Waals surface area contributed by atoms with Gasteiger partial charge in [0, 0.05) is 22.6 Å². The minimum Gasteiger partial charge on any atom is -0.326 e. The molecule has 1 aliphatic rings. The van der Waals surface area contributed by atoms with Crippen LogP contribution in [-0.4, -0.2) is 5.91 Å². The van der Waals surface area contributed by atoms with Gasteiger partial charge in [-0.25, -0.2) is 0 Å². The number of carbonyl (C=O) groups is 1. The second kappa shape index (κ2) is 9.18. The summed E-state index contributed by atoms with van der Waals surface area (Å²) in [5.74, 6) is 6.56. The highest BCUT2D eigenvalue weighted by Crippen LogP contribution is 2.57. The van der Waals surface area contributed by atoms with Crippen LogP contribution in [0.25, 0.3) is 0 Å². The Bertz CT molecular complexity index is 1230. The Hall–Kier alpha value is -4.09. The largest absolute Gasteiger partial charge is 0.326 e. The first-order valence-corrected chi connectivity index (χ1v) is 11.3. The summed E-state index contributed by atoms with van der Waals surface area (Å²) in [7, 11) is 0. The molecule has 4 aromatic rings. The predicted octanol–water partition coefficient (Wildman–Crippen LogP) is 6.30. The van der Waals surface area contributed by atoms with Gasteiger partial charge in [-0.15, -0.1) is 0 Å². The first-order chi connectivity index (χ1) is 16.3. The number of hydrogen-bond donors (Lipinski definition) is 1. The summed E-state index contributed by atoms with van der Waals surface area (Å²) < 4.78 is 0. The third kappa shape index (κ3) is 4.06. The Kier molecular flexibility index (Phi) is 5.79. The van der Waals surface area contributed by atoms with Gasteiger partial charge in [0.05, 0.1) is 5.92 Å². The van der Waals surface area contributed by atoms with Crippen LogP contribution in [0.1, 0.15) is 23.1 Å². The highest BCUT2D eigenvalue weighted by Gasteiger charge is 2.57. The standard InChI is InChI=1S/C31H25NO/c33-30(32-27-19-11-4-12-20-27)28-23-31(25-15-7-2-8-16-25,26-17-9-3-10-18-26)29(28)22-21-24-13-5-1-6-14-24/h1-20,28-29H,23H2,(H,32,33). The van der Waals surface area contributed by atoms with Crippen LogP contribution in [0.5, 0.6) is 0 Å². The maximum absolute atomic E-state index is 13.4. The summed E-state index contributed by atoms with van der Waals surface area (Å²) in [5.41, 5.74) is 3.85. The van der Waals surface area contributed by atoms with Crippen molar-refractivity contribution in [3.63, 3.8) is 0 Å². The molecule has 5 rings (SSSR count). The van der Waals surface area contributed by atoms with Crippen molar-refractivity contribution in [3.8, 4) is 11.8 Å². The molecule has 2 heteroatoms. The van der Waals surface area contributed by atoms with Crippen LogP contribution in [0.4, 0.5) is 5.69 Å². The van der Waals surface area contributed by atoms with E-state index in [0.29, 0.717) is 6.42 Å². The molecule has 1 amide bonds. The van der Waals surface area contributed by atoms with Crippen molar-refractivity contribution in [1.82, 2.24) is 0 Å². The summed E-state index contributed by atoms with van der Waals surface area (Å²) in [5, 5.41) is 3.11. The van der Waals surface area contributed by atoms with Crippen LogP contribution < -0.4 is 5.32 Å². The third-order valence-electron chi connectivity index (χ3n) is 6.58. The number of anilines is 1. The van der Waals surface area contributed by atoms with Crippen LogP contribution in [-0.2, 0) is 10.2 Å². The topological polar surface area (TPSA) is 29.1 Å². The van der Waals surface area contributed by atoms with Crippen molar-refractivity contribution in [1.29, 1.82) is 0 Å². The van der Waals surface area contributed by atoms with E-state index in [2.05, 4.69) is 65.7 Å². The van der Waals surface area contributed by atoms with Crippen molar-refractivity contribution >= 4 is 11.6 Å². The van der Waals surface area contributed by atoms with Gasteiger partial charge in [0.2, 0.25) is 5.91 Å². The molecule has 1 saturated carbocycles. The summed E-state index contributed by atoms with van der Waals surface area (Å²) in [6.07, 6.45) is 0.716. The van der Waals surface area contributed by atoms with Crippen molar-refractivity contribution in [2.24, 2.45) is 11.8 Å². The van der Waals surface area contributed by atoms with Gasteiger partial charge in [0.25, 0.3) is 0 Å². The first-order valence-electron chi connectivity index (χ1n) is 11.3. The molecule has 2 atom stereocenters. The molecule has 160 valence electrons. The van der Waals surface area contributed by atoms with Crippen molar-refractivity contribution in [2.75, 3.05) is 5.32 Å². The fourth-order valence-corrected chi connectivity index (χ4v) is 4.91. The van der Waals surface area contributed by atoms with Crippen LogP contribution in [0, 0.1) is 23.7 Å². The lowest BCUT2D eigenvalue weighted by atomic mass is 9.48. The van der Waals surface area contributed by atoms with E-state index in [-0.39, 0.29) is 23.2 Å². The first kappa shape index (κ1) is 20.8. The quantitative estimate of drug-likeness (QED) is 0.381. The van der Waals surface area contributed by atoms with E-state index in [4.69, 9.17) is 0 Å². The minimum atomic E-state index is -0.330. The van der Waals surface area contributed by atoms with Crippen LogP contribution in [0.15, 0.2) is 121 Å². The van der Waals surface area contributed by atoms with Gasteiger partial charge >= 0.3 is 0 Å². The number of nitrogens with one attached hydrogen (secondary N) is 1. The lowest BCUT2D eigenvalue weighted by Gasteiger charge is -2.53. The summed E-state index contributed by atoms with van der Waals surface area (Å²) in [4.78, 5) is 13.4. The van der Waals surface area contributed by atoms with E-state index in [1.807, 2.05) is 72.8 Å². The molecule has 0 bridgehead atoms. The Balaban J connectivity index is 1.58. The molecular formula is C31H25NO. The number of carbonyl (C=O) groups excluding carboxylic acids is 1. The van der Waals surface area contributed by atoms with Gasteiger partial charge in [0.15, 0.2) is 0 Å². The maximum atomic E-state index is 13.4. The van der Waals surface area contributed by atoms with E-state index in [0.717, 1.165) is 11.3 Å². The SMILES string of the molecule is O=C(Nc1ccccc1)C1CC(c2ccccc2)(c2ccccc2)C1C#Cc1ccccc1. The molecule has 2 unspecified atom stereocenters. The van der Waals surface area contributed by atoms with E-state index >= 15 is 0 Å². The van der Waals surface area contributed by atoms with Gasteiger partial charge in [-0.05, 0) is 41.8 Å². The average Bonchev–Trinajstić information content (AvgIpc) is 2.86. The molecule has 1 fully saturated rings. The molecule has 0 spiro atoms. The molecule has 4 aromatic carbocycles. The zero-order valence-electron chi connectivity index (χ0n) is 18.3. The van der Waals surface area contributed by atoms with Gasteiger partial charge in [-0.3, -0.25) is 4.79 Å². The number of benzene rings is 4. The highest BCUT2D eigenvalue weighted by atomic mass is 16.1. The summed E-state index contributed by atoms with van der Waals surface area (Å²) in [6, 6.07) is 40.6. The second-order valence-corrected chi connectivity index (χ2v) is 8.48. The molecule has 0 saturated heterocycles. The molecule has 0 radical (unpaired) electrons. The van der Waals surface area contributed by atoms with Crippen molar-refractivity contribution in [3.05, 3.63) is 138 Å². The third-order valence-corrected chi connectivity index (χ3v) is 6.58. The van der Waals surface area contributed by atoms with E-state index < -0.39 is 0 Å². The maximum Gasteiger partial charge on any atom is 0.228 e. The monoisotopic (exact) mass is 427 g/mol. The Morgan fingerprint density at radius 3 is 1.73 bits per heavy atom. The van der Waals surface area contributed by atoms with Crippen LogP contribution in [0.2, 0.25) is 0 Å². The Morgan fingerprint density at radius 2 is 1.18 bits per heavy atom. The minimum absolute atomic E-state index is 0.0241. The van der Waals surface area contributed by atoms with E-state index in [1.165, 1.54) is 11.1 Å². The lowest BCUT2D eigenvalue weighted by Crippen LogP contribution is -2.55. The fourth-order valence-electron chi connectivity index (χ4n) is 4.91. The van der Waals surface area contributed by atoms with E-state index in [9.17, 15) is 4.79 Å². The normalized spacial score (nSPS) is 18.3. The van der Waals surface area contributed by atoms with Crippen molar-refractivity contribution < 1.29 is 4.79 Å². The number of rotatable bonds is 4. The smallest absolute Gasteiger partial charge is 0.228 e. The van der Waals surface area contributed by atoms with Crippen LogP contribution in [0.3, 0.4) is 0 Å². The van der Waals surface area contributed by atoms with Crippen LogP contribution >= 0.6 is 0 Å². The fraction of sp³-hybridized carbons (Fsp3) is 0.129. The number of amides is 1. The zero-order chi connectivity index (χ0) is 22.5. The average molecular weight is 428 g/mol. The molecule has 0 aromatic heterocycles. The van der Waals surface area contributed by atoms with Gasteiger partial charge in [0.1, 0.15) is 0 Å². The Morgan fingerprint density at radius 1 is 0.697 bits per heavy atom. The second-order valence-electron chi connectivity index (χ2n) is 8.48. The molecule has 33 heavy (non-hydrogen) atoms. The van der Waals surface area contributed by atoms with Crippen molar-refractivity contribution in [2.45, 2.75) is 11.8 Å². The molecule has 1 N–H and O–H groups in total. The summed E-state index contributed by atoms with van der Waals surface area (Å²) >= 11 is 0. The van der Waals surface area contributed by atoms with Gasteiger partial charge < -0.3 is 5.32 Å². The van der Waals surface area contributed by atoms with E-state index in [1.54, 1.807) is 0 Å². The Labute approximate surface area is 195 Å². The number of hydrogen-bond acceptors (Lipinski definition) is 1. The number of para-hydroxylation sites is 1. The lowest BCUT2D eigenvalue weighted by molar-refractivity contribution is -0.126. The molecule has 2 nitrogen and oxygen atoms in total. The van der Waals surface area contributed by atoms with Gasteiger partial charge in [-0.1, -0.05) is 109 Å².